The number of benzene rings is 1. The molecule has 1 aromatic heterocycles. The van der Waals surface area contributed by atoms with Gasteiger partial charge >= 0.3 is 0 Å². The number of hydrogen-bond donors (Lipinski definition) is 2. The van der Waals surface area contributed by atoms with Crippen molar-refractivity contribution in [3.63, 3.8) is 0 Å². The normalized spacial score (nSPS) is 13.2. The van der Waals surface area contributed by atoms with Gasteiger partial charge in [-0.3, -0.25) is 0 Å². The number of anilines is 1. The van der Waals surface area contributed by atoms with Crippen LogP contribution in [0.5, 0.6) is 0 Å². The molecule has 0 saturated carbocycles. The van der Waals surface area contributed by atoms with Crippen molar-refractivity contribution in [2.45, 2.75) is 26.7 Å². The second-order valence-corrected chi connectivity index (χ2v) is 4.14. The SMILES string of the molecule is CCC(C)Cc1nc2c(N)cccc2[nH]1. The van der Waals surface area contributed by atoms with Gasteiger partial charge in [-0.15, -0.1) is 0 Å². The fraction of sp³-hybridized carbons (Fsp3) is 0.417. The standard InChI is InChI=1S/C12H17N3/c1-3-8(2)7-11-14-10-6-4-5-9(13)12(10)15-11/h4-6,8H,3,7,13H2,1-2H3,(H,14,15). The number of nitrogens with one attached hydrogen (secondary N) is 1. The lowest BCUT2D eigenvalue weighted by molar-refractivity contribution is 0.547. The molecule has 0 fully saturated rings. The topological polar surface area (TPSA) is 54.7 Å². The largest absolute Gasteiger partial charge is 0.397 e. The van der Waals surface area contributed by atoms with Crippen molar-refractivity contribution in [3.8, 4) is 0 Å². The zero-order chi connectivity index (χ0) is 10.8. The van der Waals surface area contributed by atoms with E-state index in [0.29, 0.717) is 5.92 Å². The summed E-state index contributed by atoms with van der Waals surface area (Å²) >= 11 is 0. The first-order chi connectivity index (χ1) is 7.20. The van der Waals surface area contributed by atoms with Crippen molar-refractivity contribution in [2.75, 3.05) is 5.73 Å². The first kappa shape index (κ1) is 10.0. The second-order valence-electron chi connectivity index (χ2n) is 4.14. The van der Waals surface area contributed by atoms with E-state index < -0.39 is 0 Å². The highest BCUT2D eigenvalue weighted by Gasteiger charge is 2.07. The molecule has 1 atom stereocenters. The van der Waals surface area contributed by atoms with Crippen LogP contribution in [0.1, 0.15) is 26.1 Å². The Labute approximate surface area is 89.7 Å². The quantitative estimate of drug-likeness (QED) is 0.753. The Balaban J connectivity index is 2.35. The van der Waals surface area contributed by atoms with Crippen molar-refractivity contribution in [1.82, 2.24) is 9.97 Å². The Morgan fingerprint density at radius 3 is 2.93 bits per heavy atom. The third-order valence-electron chi connectivity index (χ3n) is 2.83. The summed E-state index contributed by atoms with van der Waals surface area (Å²) in [6.07, 6.45) is 2.16. The fourth-order valence-corrected chi connectivity index (χ4v) is 1.68. The van der Waals surface area contributed by atoms with Gasteiger partial charge in [-0.25, -0.2) is 4.98 Å². The lowest BCUT2D eigenvalue weighted by Crippen LogP contribution is -1.99. The number of aromatic amines is 1. The molecule has 0 aliphatic rings. The first-order valence-electron chi connectivity index (χ1n) is 5.43. The summed E-state index contributed by atoms with van der Waals surface area (Å²) in [4.78, 5) is 7.83. The number of nitrogens with two attached hydrogens (primary N) is 1. The van der Waals surface area contributed by atoms with E-state index in [9.17, 15) is 0 Å². The molecule has 3 N–H and O–H groups in total. The molecule has 0 radical (unpaired) electrons. The Kier molecular flexibility index (Phi) is 2.62. The Morgan fingerprint density at radius 2 is 2.27 bits per heavy atom. The zero-order valence-electron chi connectivity index (χ0n) is 9.25. The highest BCUT2D eigenvalue weighted by Crippen LogP contribution is 2.19. The molecule has 0 bridgehead atoms. The summed E-state index contributed by atoms with van der Waals surface area (Å²) in [5.41, 5.74) is 8.53. The molecule has 1 unspecified atom stereocenters. The summed E-state index contributed by atoms with van der Waals surface area (Å²) in [6, 6.07) is 5.85. The number of H-pyrrole nitrogens is 1. The van der Waals surface area contributed by atoms with Crippen LogP contribution in [0, 0.1) is 5.92 Å². The third kappa shape index (κ3) is 1.96. The van der Waals surface area contributed by atoms with Crippen LogP contribution in [-0.2, 0) is 6.42 Å². The van der Waals surface area contributed by atoms with E-state index in [-0.39, 0.29) is 0 Å². The van der Waals surface area contributed by atoms with Crippen molar-refractivity contribution < 1.29 is 0 Å². The maximum atomic E-state index is 5.85. The molecule has 3 heteroatoms. The van der Waals surface area contributed by atoms with Gasteiger partial charge in [0.1, 0.15) is 11.3 Å². The van der Waals surface area contributed by atoms with Gasteiger partial charge in [-0.05, 0) is 18.1 Å². The van der Waals surface area contributed by atoms with Gasteiger partial charge in [0.15, 0.2) is 0 Å². The number of rotatable bonds is 3. The van der Waals surface area contributed by atoms with Crippen LogP contribution in [-0.4, -0.2) is 9.97 Å². The summed E-state index contributed by atoms with van der Waals surface area (Å²) in [6.45, 7) is 4.43. The van der Waals surface area contributed by atoms with Crippen LogP contribution >= 0.6 is 0 Å². The van der Waals surface area contributed by atoms with Crippen molar-refractivity contribution in [3.05, 3.63) is 24.0 Å². The maximum Gasteiger partial charge on any atom is 0.111 e. The molecule has 0 amide bonds. The summed E-state index contributed by atoms with van der Waals surface area (Å²) in [7, 11) is 0. The second kappa shape index (κ2) is 3.93. The molecule has 1 aromatic carbocycles. The highest BCUT2D eigenvalue weighted by atomic mass is 14.9. The van der Waals surface area contributed by atoms with Gasteiger partial charge in [-0.1, -0.05) is 26.3 Å². The molecule has 1 heterocycles. The minimum Gasteiger partial charge on any atom is -0.397 e. The van der Waals surface area contributed by atoms with E-state index in [0.717, 1.165) is 29.0 Å². The van der Waals surface area contributed by atoms with Gasteiger partial charge in [-0.2, -0.15) is 0 Å². The molecular weight excluding hydrogens is 186 g/mol. The summed E-state index contributed by atoms with van der Waals surface area (Å²) in [5.74, 6) is 1.70. The minimum absolute atomic E-state index is 0.659. The van der Waals surface area contributed by atoms with E-state index in [2.05, 4.69) is 23.8 Å². The molecule has 0 spiro atoms. The lowest BCUT2D eigenvalue weighted by atomic mass is 10.1. The molecule has 0 aliphatic carbocycles. The van der Waals surface area contributed by atoms with E-state index in [1.165, 1.54) is 6.42 Å². The zero-order valence-corrected chi connectivity index (χ0v) is 9.25. The Morgan fingerprint density at radius 1 is 1.47 bits per heavy atom. The minimum atomic E-state index is 0.659. The van der Waals surface area contributed by atoms with Gasteiger partial charge in [0.2, 0.25) is 0 Å². The summed E-state index contributed by atoms with van der Waals surface area (Å²) < 4.78 is 0. The van der Waals surface area contributed by atoms with Crippen LogP contribution in [0.2, 0.25) is 0 Å². The monoisotopic (exact) mass is 203 g/mol. The Hall–Kier alpha value is -1.51. The molecule has 2 aromatic rings. The van der Waals surface area contributed by atoms with Crippen LogP contribution in [0.4, 0.5) is 5.69 Å². The lowest BCUT2D eigenvalue weighted by Gasteiger charge is -2.03. The average molecular weight is 203 g/mol. The van der Waals surface area contributed by atoms with E-state index in [1.807, 2.05) is 18.2 Å². The van der Waals surface area contributed by atoms with Crippen molar-refractivity contribution in [2.24, 2.45) is 5.92 Å². The molecular formula is C12H17N3. The number of fused-ring (bicyclic) bond motifs is 1. The van der Waals surface area contributed by atoms with E-state index in [1.54, 1.807) is 0 Å². The molecule has 2 rings (SSSR count). The number of hydrogen-bond acceptors (Lipinski definition) is 2. The van der Waals surface area contributed by atoms with Crippen LogP contribution in [0.25, 0.3) is 11.0 Å². The number of nitrogen functional groups attached to an aromatic ring is 1. The smallest absolute Gasteiger partial charge is 0.111 e. The van der Waals surface area contributed by atoms with Crippen molar-refractivity contribution >= 4 is 16.7 Å². The first-order valence-corrected chi connectivity index (χ1v) is 5.43. The third-order valence-corrected chi connectivity index (χ3v) is 2.83. The molecule has 0 aliphatic heterocycles. The van der Waals surface area contributed by atoms with Gasteiger partial charge < -0.3 is 10.7 Å². The van der Waals surface area contributed by atoms with E-state index in [4.69, 9.17) is 5.73 Å². The molecule has 3 nitrogen and oxygen atoms in total. The maximum absolute atomic E-state index is 5.85. The predicted octanol–water partition coefficient (Wildman–Crippen LogP) is 2.73. The van der Waals surface area contributed by atoms with Crippen molar-refractivity contribution in [1.29, 1.82) is 0 Å². The number of imidazole rings is 1. The highest BCUT2D eigenvalue weighted by molar-refractivity contribution is 5.86. The Bertz CT molecular complexity index is 459. The predicted molar refractivity (Wildman–Crippen MR) is 63.7 cm³/mol. The van der Waals surface area contributed by atoms with Gasteiger partial charge in [0.25, 0.3) is 0 Å². The van der Waals surface area contributed by atoms with Gasteiger partial charge in [0.05, 0.1) is 11.2 Å². The summed E-state index contributed by atoms with van der Waals surface area (Å²) in [5, 5.41) is 0. The number of aromatic nitrogens is 2. The molecule has 80 valence electrons. The van der Waals surface area contributed by atoms with Crippen LogP contribution < -0.4 is 5.73 Å². The average Bonchev–Trinajstić information content (AvgIpc) is 2.62. The number of nitrogens with zero attached hydrogens (tertiary/aromatic N) is 1. The van der Waals surface area contributed by atoms with Gasteiger partial charge in [0, 0.05) is 6.42 Å². The molecule has 0 saturated heterocycles. The fourth-order valence-electron chi connectivity index (χ4n) is 1.68. The molecule has 15 heavy (non-hydrogen) atoms. The van der Waals surface area contributed by atoms with Crippen LogP contribution in [0.3, 0.4) is 0 Å². The number of para-hydroxylation sites is 1. The van der Waals surface area contributed by atoms with Crippen LogP contribution in [0.15, 0.2) is 18.2 Å². The van der Waals surface area contributed by atoms with E-state index >= 15 is 0 Å².